The van der Waals surface area contributed by atoms with Crippen molar-refractivity contribution < 1.29 is 27.2 Å². The summed E-state index contributed by atoms with van der Waals surface area (Å²) >= 11 is 1.27. The van der Waals surface area contributed by atoms with Gasteiger partial charge in [0.25, 0.3) is 11.8 Å². The largest absolute Gasteiger partial charge is 0.459 e. The fourth-order valence-corrected chi connectivity index (χ4v) is 6.49. The van der Waals surface area contributed by atoms with Crippen LogP contribution in [-0.4, -0.2) is 40.8 Å². The van der Waals surface area contributed by atoms with Gasteiger partial charge >= 0.3 is 6.18 Å². The van der Waals surface area contributed by atoms with Crippen LogP contribution in [0.15, 0.2) is 86.8 Å². The molecule has 0 bridgehead atoms. The zero-order valence-electron chi connectivity index (χ0n) is 24.4. The van der Waals surface area contributed by atoms with Crippen molar-refractivity contribution in [3.63, 3.8) is 0 Å². The van der Waals surface area contributed by atoms with E-state index in [-0.39, 0.29) is 22.7 Å². The molecule has 5 aromatic rings. The summed E-state index contributed by atoms with van der Waals surface area (Å²) in [6.45, 7) is 4.06. The van der Waals surface area contributed by atoms with Crippen LogP contribution >= 0.6 is 11.3 Å². The van der Waals surface area contributed by atoms with Crippen LogP contribution in [0.5, 0.6) is 0 Å². The van der Waals surface area contributed by atoms with E-state index in [1.54, 1.807) is 59.1 Å². The van der Waals surface area contributed by atoms with Crippen LogP contribution in [0, 0.1) is 13.8 Å². The Labute approximate surface area is 260 Å². The number of carbonyl (C=O) groups is 2. The van der Waals surface area contributed by atoms with Crippen LogP contribution < -0.4 is 10.3 Å². The number of benzene rings is 3. The number of aryl methyl sites for hydroxylation is 2. The first-order chi connectivity index (χ1) is 21.5. The number of fused-ring (bicyclic) bond motifs is 1. The number of amides is 2. The summed E-state index contributed by atoms with van der Waals surface area (Å²) in [5.41, 5.74) is 3.49. The Balaban J connectivity index is 1.30. The number of anilines is 1. The number of rotatable bonds is 5. The fraction of sp³-hybridized carbons (Fsp3) is 0.235. The van der Waals surface area contributed by atoms with Gasteiger partial charge < -0.3 is 9.32 Å². The molecule has 230 valence electrons. The predicted molar refractivity (Wildman–Crippen MR) is 167 cm³/mol. The van der Waals surface area contributed by atoms with Crippen molar-refractivity contribution in [1.82, 2.24) is 9.88 Å². The van der Waals surface area contributed by atoms with E-state index in [4.69, 9.17) is 4.42 Å². The summed E-state index contributed by atoms with van der Waals surface area (Å²) in [4.78, 5) is 48.8. The van der Waals surface area contributed by atoms with E-state index in [2.05, 4.69) is 4.98 Å². The molecule has 0 N–H and O–H groups in total. The van der Waals surface area contributed by atoms with Gasteiger partial charge in [-0.3, -0.25) is 19.3 Å². The maximum absolute atomic E-state index is 13.9. The topological polar surface area (TPSA) is 83.7 Å². The predicted octanol–water partition coefficient (Wildman–Crippen LogP) is 7.50. The van der Waals surface area contributed by atoms with Gasteiger partial charge in [-0.15, -0.1) is 11.3 Å². The van der Waals surface area contributed by atoms with E-state index in [1.807, 2.05) is 13.0 Å². The summed E-state index contributed by atoms with van der Waals surface area (Å²) in [5.74, 6) is -0.373. The zero-order valence-corrected chi connectivity index (χ0v) is 25.2. The Morgan fingerprint density at radius 2 is 1.69 bits per heavy atom. The Kier molecular flexibility index (Phi) is 8.05. The van der Waals surface area contributed by atoms with Crippen molar-refractivity contribution in [2.24, 2.45) is 0 Å². The molecule has 2 aromatic heterocycles. The zero-order chi connectivity index (χ0) is 31.9. The Morgan fingerprint density at radius 3 is 2.36 bits per heavy atom. The lowest BCUT2D eigenvalue weighted by molar-refractivity contribution is -0.137. The molecule has 0 radical (unpaired) electrons. The molecule has 1 saturated heterocycles. The number of carbonyl (C=O) groups excluding carboxylic acids is 2. The molecule has 0 saturated carbocycles. The third-order valence-electron chi connectivity index (χ3n) is 8.18. The van der Waals surface area contributed by atoms with Gasteiger partial charge in [0, 0.05) is 30.1 Å². The number of hydrogen-bond donors (Lipinski definition) is 0. The molecule has 3 aromatic carbocycles. The number of thiazole rings is 1. The molecule has 2 amide bonds. The van der Waals surface area contributed by atoms with Gasteiger partial charge in [-0.25, -0.2) is 4.98 Å². The highest BCUT2D eigenvalue weighted by Crippen LogP contribution is 2.35. The smallest absolute Gasteiger partial charge is 0.416 e. The molecule has 45 heavy (non-hydrogen) atoms. The van der Waals surface area contributed by atoms with Crippen molar-refractivity contribution in [3.8, 4) is 11.1 Å². The monoisotopic (exact) mass is 631 g/mol. The molecular formula is C34H28F3N3O4S. The Bertz CT molecular complexity index is 1940. The van der Waals surface area contributed by atoms with Crippen LogP contribution in [-0.2, 0) is 6.18 Å². The summed E-state index contributed by atoms with van der Waals surface area (Å²) < 4.78 is 45.5. The molecule has 1 aliphatic rings. The summed E-state index contributed by atoms with van der Waals surface area (Å²) in [5, 5.41) is 1.99. The Hall–Kier alpha value is -4.77. The summed E-state index contributed by atoms with van der Waals surface area (Å²) in [7, 11) is 0. The first-order valence-corrected chi connectivity index (χ1v) is 15.3. The van der Waals surface area contributed by atoms with Gasteiger partial charge in [0.05, 0.1) is 16.5 Å². The van der Waals surface area contributed by atoms with Gasteiger partial charge in [-0.1, -0.05) is 36.4 Å². The van der Waals surface area contributed by atoms with E-state index in [0.29, 0.717) is 59.4 Å². The highest BCUT2D eigenvalue weighted by Gasteiger charge is 2.36. The standard InChI is InChI=1S/C34H28F3N3O4S/c1-20-6-5-8-26(29(20)22-10-12-23(13-11-22)34(35,36)37)32(42)39-16-14-24(15-17-39)40(33(43)27-18-45-19-38-27)30-21(2)44-28-9-4-3-7-25(28)31(30)41/h3-13,18-19,24H,14-17H2,1-2H3. The van der Waals surface area contributed by atoms with Crippen molar-refractivity contribution in [2.75, 3.05) is 18.0 Å². The molecule has 0 atom stereocenters. The van der Waals surface area contributed by atoms with Gasteiger partial charge in [0.1, 0.15) is 22.7 Å². The number of para-hydroxylation sites is 1. The van der Waals surface area contributed by atoms with Gasteiger partial charge in [-0.2, -0.15) is 13.2 Å². The van der Waals surface area contributed by atoms with Crippen LogP contribution in [0.2, 0.25) is 0 Å². The summed E-state index contributed by atoms with van der Waals surface area (Å²) in [6, 6.07) is 16.5. The first kappa shape index (κ1) is 30.3. The number of likely N-dealkylation sites (tertiary alicyclic amines) is 1. The number of hydrogen-bond acceptors (Lipinski definition) is 6. The quantitative estimate of drug-likeness (QED) is 0.201. The maximum atomic E-state index is 13.9. The molecule has 7 nitrogen and oxygen atoms in total. The highest BCUT2D eigenvalue weighted by molar-refractivity contribution is 7.07. The van der Waals surface area contributed by atoms with Crippen molar-refractivity contribution >= 4 is 39.8 Å². The van der Waals surface area contributed by atoms with Gasteiger partial charge in [-0.05, 0) is 73.7 Å². The lowest BCUT2D eigenvalue weighted by Crippen LogP contribution is -2.50. The molecule has 1 aliphatic heterocycles. The molecular weight excluding hydrogens is 603 g/mol. The summed E-state index contributed by atoms with van der Waals surface area (Å²) in [6.07, 6.45) is -3.70. The van der Waals surface area contributed by atoms with Crippen molar-refractivity contribution in [2.45, 2.75) is 38.9 Å². The number of nitrogens with zero attached hydrogens (tertiary/aromatic N) is 3. The van der Waals surface area contributed by atoms with Crippen molar-refractivity contribution in [3.05, 3.63) is 116 Å². The second-order valence-electron chi connectivity index (χ2n) is 11.0. The average Bonchev–Trinajstić information content (AvgIpc) is 3.58. The van der Waals surface area contributed by atoms with E-state index >= 15 is 0 Å². The highest BCUT2D eigenvalue weighted by atomic mass is 32.1. The van der Waals surface area contributed by atoms with Crippen LogP contribution in [0.3, 0.4) is 0 Å². The number of halogens is 3. The minimum atomic E-state index is -4.46. The molecule has 3 heterocycles. The first-order valence-electron chi connectivity index (χ1n) is 14.4. The average molecular weight is 632 g/mol. The molecule has 0 aliphatic carbocycles. The third kappa shape index (κ3) is 5.75. The van der Waals surface area contributed by atoms with E-state index in [0.717, 1.165) is 17.7 Å². The molecule has 0 spiro atoms. The van der Waals surface area contributed by atoms with Gasteiger partial charge in [0.2, 0.25) is 5.43 Å². The molecule has 0 unspecified atom stereocenters. The third-order valence-corrected chi connectivity index (χ3v) is 8.76. The lowest BCUT2D eigenvalue weighted by atomic mass is 9.92. The minimum Gasteiger partial charge on any atom is -0.459 e. The van der Waals surface area contributed by atoms with Crippen LogP contribution in [0.25, 0.3) is 22.1 Å². The van der Waals surface area contributed by atoms with E-state index in [1.165, 1.54) is 28.4 Å². The van der Waals surface area contributed by atoms with E-state index in [9.17, 15) is 27.6 Å². The molecule has 11 heteroatoms. The van der Waals surface area contributed by atoms with E-state index < -0.39 is 23.7 Å². The Morgan fingerprint density at radius 1 is 0.978 bits per heavy atom. The number of aromatic nitrogens is 1. The number of alkyl halides is 3. The normalized spacial score (nSPS) is 14.1. The van der Waals surface area contributed by atoms with Crippen LogP contribution in [0.4, 0.5) is 18.9 Å². The minimum absolute atomic E-state index is 0.153. The molecule has 1 fully saturated rings. The fourth-order valence-electron chi connectivity index (χ4n) is 5.97. The van der Waals surface area contributed by atoms with Gasteiger partial charge in [0.15, 0.2) is 0 Å². The SMILES string of the molecule is Cc1cccc(C(=O)N2CCC(N(C(=O)c3cscn3)c3c(C)oc4ccccc4c3=O)CC2)c1-c1ccc(C(F)(F)F)cc1. The maximum Gasteiger partial charge on any atom is 0.416 e. The number of piperidine rings is 1. The van der Waals surface area contributed by atoms with Crippen molar-refractivity contribution in [1.29, 1.82) is 0 Å². The lowest BCUT2D eigenvalue weighted by Gasteiger charge is -2.38. The van der Waals surface area contributed by atoms with Crippen LogP contribution in [0.1, 0.15) is 50.6 Å². The second-order valence-corrected chi connectivity index (χ2v) is 11.7. The molecule has 6 rings (SSSR count). The second kappa shape index (κ2) is 12.0.